The van der Waals surface area contributed by atoms with Crippen LogP contribution in [0.3, 0.4) is 0 Å². The number of pyridine rings is 1. The molecule has 0 radical (unpaired) electrons. The monoisotopic (exact) mass is 292 g/mol. The number of rotatable bonds is 4. The van der Waals surface area contributed by atoms with E-state index in [2.05, 4.69) is 57.4 Å². The Labute approximate surface area is 111 Å². The number of halogens is 1. The number of aryl methyl sites for hydroxylation is 1. The first-order valence-corrected chi connectivity index (χ1v) is 6.81. The molecule has 1 N–H and O–H groups in total. The highest BCUT2D eigenvalue weighted by Crippen LogP contribution is 2.26. The molecular weight excluding hydrogens is 276 g/mol. The molecule has 0 fully saturated rings. The van der Waals surface area contributed by atoms with Crippen molar-refractivity contribution in [3.8, 4) is 0 Å². The van der Waals surface area contributed by atoms with Crippen LogP contribution in [0.5, 0.6) is 0 Å². The minimum atomic E-state index is 0.981. The van der Waals surface area contributed by atoms with Gasteiger partial charge in [0, 0.05) is 22.1 Å². The second-order valence-electron chi connectivity index (χ2n) is 4.26. The average molecular weight is 293 g/mol. The predicted octanol–water partition coefficient (Wildman–Crippen LogP) is 4.52. The zero-order valence-corrected chi connectivity index (χ0v) is 11.8. The SMILES string of the molecule is CCCCNc1nc(C)cc2ccc(Br)cc12. The van der Waals surface area contributed by atoms with Crippen LogP contribution in [0.25, 0.3) is 10.8 Å². The molecule has 2 rings (SSSR count). The minimum absolute atomic E-state index is 0.981. The lowest BCUT2D eigenvalue weighted by molar-refractivity contribution is 0.831. The molecule has 0 saturated heterocycles. The van der Waals surface area contributed by atoms with E-state index < -0.39 is 0 Å². The van der Waals surface area contributed by atoms with Gasteiger partial charge in [0.1, 0.15) is 5.82 Å². The molecule has 0 aliphatic heterocycles. The fourth-order valence-electron chi connectivity index (χ4n) is 1.87. The standard InChI is InChI=1S/C14H17BrN2/c1-3-4-7-16-14-13-9-12(15)6-5-11(13)8-10(2)17-14/h5-6,8-9H,3-4,7H2,1-2H3,(H,16,17). The molecular formula is C14H17BrN2. The molecule has 0 saturated carbocycles. The number of nitrogens with zero attached hydrogens (tertiary/aromatic N) is 1. The molecule has 0 atom stereocenters. The summed E-state index contributed by atoms with van der Waals surface area (Å²) in [5.74, 6) is 0.995. The maximum Gasteiger partial charge on any atom is 0.134 e. The molecule has 1 aromatic carbocycles. The van der Waals surface area contributed by atoms with Crippen LogP contribution < -0.4 is 5.32 Å². The Morgan fingerprint density at radius 2 is 2.12 bits per heavy atom. The lowest BCUT2D eigenvalue weighted by Crippen LogP contribution is -2.04. The van der Waals surface area contributed by atoms with Crippen LogP contribution in [0, 0.1) is 6.92 Å². The van der Waals surface area contributed by atoms with Gasteiger partial charge in [0.2, 0.25) is 0 Å². The van der Waals surface area contributed by atoms with Crippen LogP contribution in [0.2, 0.25) is 0 Å². The Morgan fingerprint density at radius 3 is 2.88 bits per heavy atom. The van der Waals surface area contributed by atoms with Crippen molar-refractivity contribution in [2.45, 2.75) is 26.7 Å². The van der Waals surface area contributed by atoms with Crippen LogP contribution in [-0.4, -0.2) is 11.5 Å². The van der Waals surface area contributed by atoms with Crippen molar-refractivity contribution in [3.63, 3.8) is 0 Å². The van der Waals surface area contributed by atoms with Gasteiger partial charge in [0.05, 0.1) is 0 Å². The highest BCUT2D eigenvalue weighted by Gasteiger charge is 2.04. The smallest absolute Gasteiger partial charge is 0.134 e. The maximum absolute atomic E-state index is 4.58. The number of hydrogen-bond acceptors (Lipinski definition) is 2. The van der Waals surface area contributed by atoms with Crippen LogP contribution in [-0.2, 0) is 0 Å². The molecule has 0 aliphatic rings. The third-order valence-corrected chi connectivity index (χ3v) is 3.24. The molecule has 0 spiro atoms. The summed E-state index contributed by atoms with van der Waals surface area (Å²) in [6, 6.07) is 8.43. The van der Waals surface area contributed by atoms with E-state index in [1.54, 1.807) is 0 Å². The summed E-state index contributed by atoms with van der Waals surface area (Å²) in [4.78, 5) is 4.58. The second kappa shape index (κ2) is 5.50. The van der Waals surface area contributed by atoms with Crippen molar-refractivity contribution < 1.29 is 0 Å². The Kier molecular flexibility index (Phi) is 4.00. The van der Waals surface area contributed by atoms with Crippen LogP contribution >= 0.6 is 15.9 Å². The predicted molar refractivity (Wildman–Crippen MR) is 77.6 cm³/mol. The van der Waals surface area contributed by atoms with E-state index in [1.165, 1.54) is 23.6 Å². The highest BCUT2D eigenvalue weighted by molar-refractivity contribution is 9.10. The normalized spacial score (nSPS) is 10.8. The van der Waals surface area contributed by atoms with Crippen molar-refractivity contribution in [2.24, 2.45) is 0 Å². The van der Waals surface area contributed by atoms with Crippen molar-refractivity contribution in [3.05, 3.63) is 34.4 Å². The minimum Gasteiger partial charge on any atom is -0.370 e. The molecule has 3 heteroatoms. The molecule has 0 unspecified atom stereocenters. The summed E-state index contributed by atoms with van der Waals surface area (Å²) < 4.78 is 1.09. The van der Waals surface area contributed by atoms with E-state index in [9.17, 15) is 0 Å². The molecule has 0 bridgehead atoms. The number of nitrogens with one attached hydrogen (secondary N) is 1. The summed E-state index contributed by atoms with van der Waals surface area (Å²) >= 11 is 3.51. The summed E-state index contributed by atoms with van der Waals surface area (Å²) in [6.45, 7) is 5.21. The lowest BCUT2D eigenvalue weighted by atomic mass is 10.1. The summed E-state index contributed by atoms with van der Waals surface area (Å²) in [7, 11) is 0. The van der Waals surface area contributed by atoms with E-state index in [0.717, 1.165) is 22.5 Å². The number of unbranched alkanes of at least 4 members (excludes halogenated alkanes) is 1. The van der Waals surface area contributed by atoms with Crippen LogP contribution in [0.1, 0.15) is 25.5 Å². The van der Waals surface area contributed by atoms with Gasteiger partial charge in [-0.05, 0) is 36.9 Å². The van der Waals surface area contributed by atoms with Gasteiger partial charge in [-0.25, -0.2) is 4.98 Å². The molecule has 1 aromatic heterocycles. The molecule has 0 amide bonds. The van der Waals surface area contributed by atoms with E-state index in [-0.39, 0.29) is 0 Å². The molecule has 2 aromatic rings. The Balaban J connectivity index is 2.40. The average Bonchev–Trinajstić information content (AvgIpc) is 2.30. The Bertz CT molecular complexity index is 523. The fraction of sp³-hybridized carbons (Fsp3) is 0.357. The number of anilines is 1. The first-order valence-electron chi connectivity index (χ1n) is 6.01. The second-order valence-corrected chi connectivity index (χ2v) is 5.17. The highest BCUT2D eigenvalue weighted by atomic mass is 79.9. The van der Waals surface area contributed by atoms with Gasteiger partial charge in [-0.15, -0.1) is 0 Å². The first kappa shape index (κ1) is 12.4. The maximum atomic E-state index is 4.58. The van der Waals surface area contributed by atoms with Crippen LogP contribution in [0.4, 0.5) is 5.82 Å². The van der Waals surface area contributed by atoms with E-state index >= 15 is 0 Å². The quantitative estimate of drug-likeness (QED) is 0.838. The van der Waals surface area contributed by atoms with E-state index in [0.29, 0.717) is 0 Å². The number of benzene rings is 1. The number of hydrogen-bond donors (Lipinski definition) is 1. The molecule has 17 heavy (non-hydrogen) atoms. The summed E-state index contributed by atoms with van der Waals surface area (Å²) in [5, 5.41) is 5.84. The van der Waals surface area contributed by atoms with Gasteiger partial charge in [0.15, 0.2) is 0 Å². The summed E-state index contributed by atoms with van der Waals surface area (Å²) in [5.41, 5.74) is 1.05. The van der Waals surface area contributed by atoms with Crippen molar-refractivity contribution in [2.75, 3.05) is 11.9 Å². The first-order chi connectivity index (χ1) is 8.20. The van der Waals surface area contributed by atoms with Crippen molar-refractivity contribution >= 4 is 32.5 Å². The number of fused-ring (bicyclic) bond motifs is 1. The van der Waals surface area contributed by atoms with E-state index in [4.69, 9.17) is 0 Å². The largest absolute Gasteiger partial charge is 0.370 e. The van der Waals surface area contributed by atoms with Gasteiger partial charge in [-0.2, -0.15) is 0 Å². The Morgan fingerprint density at radius 1 is 1.29 bits per heavy atom. The molecule has 2 nitrogen and oxygen atoms in total. The summed E-state index contributed by atoms with van der Waals surface area (Å²) in [6.07, 6.45) is 2.37. The van der Waals surface area contributed by atoms with Gasteiger partial charge in [0.25, 0.3) is 0 Å². The van der Waals surface area contributed by atoms with Crippen molar-refractivity contribution in [1.29, 1.82) is 0 Å². The van der Waals surface area contributed by atoms with Gasteiger partial charge < -0.3 is 5.32 Å². The molecule has 1 heterocycles. The molecule has 90 valence electrons. The van der Waals surface area contributed by atoms with Gasteiger partial charge in [-0.3, -0.25) is 0 Å². The molecule has 0 aliphatic carbocycles. The topological polar surface area (TPSA) is 24.9 Å². The zero-order chi connectivity index (χ0) is 12.3. The van der Waals surface area contributed by atoms with Gasteiger partial charge >= 0.3 is 0 Å². The lowest BCUT2D eigenvalue weighted by Gasteiger charge is -2.10. The number of aromatic nitrogens is 1. The third kappa shape index (κ3) is 2.97. The van der Waals surface area contributed by atoms with Crippen LogP contribution in [0.15, 0.2) is 28.7 Å². The third-order valence-electron chi connectivity index (χ3n) is 2.75. The Hall–Kier alpha value is -1.09. The van der Waals surface area contributed by atoms with Gasteiger partial charge in [-0.1, -0.05) is 35.3 Å². The van der Waals surface area contributed by atoms with Crippen molar-refractivity contribution in [1.82, 2.24) is 4.98 Å². The zero-order valence-electron chi connectivity index (χ0n) is 10.3. The fourth-order valence-corrected chi connectivity index (χ4v) is 2.23. The van der Waals surface area contributed by atoms with E-state index in [1.807, 2.05) is 6.92 Å².